The first-order valence-electron chi connectivity index (χ1n) is 8.43. The molecule has 1 N–H and O–H groups in total. The van der Waals surface area contributed by atoms with Gasteiger partial charge in [-0.15, -0.1) is 5.12 Å². The molecule has 0 saturated heterocycles. The minimum atomic E-state index is -1.49. The zero-order valence-corrected chi connectivity index (χ0v) is 15.7. The average Bonchev–Trinajstić information content (AvgIpc) is 2.69. The molecule has 28 heavy (non-hydrogen) atoms. The summed E-state index contributed by atoms with van der Waals surface area (Å²) in [5, 5.41) is 1.05. The van der Waals surface area contributed by atoms with E-state index in [9.17, 15) is 18.2 Å². The molecule has 150 valence electrons. The fraction of sp³-hybridized carbons (Fsp3) is 0.263. The highest BCUT2D eigenvalue weighted by Gasteiger charge is 2.23. The Hall–Kier alpha value is -3.07. The van der Waals surface area contributed by atoms with Gasteiger partial charge in [-0.25, -0.2) is 0 Å². The number of nitrogens with one attached hydrogen (secondary N) is 1. The molecule has 6 nitrogen and oxygen atoms in total. The molecule has 0 bridgehead atoms. The summed E-state index contributed by atoms with van der Waals surface area (Å²) in [7, 11) is 4.02. The van der Waals surface area contributed by atoms with E-state index in [1.165, 1.54) is 23.8 Å². The maximum Gasteiger partial charge on any atom is 0.293 e. The minimum absolute atomic E-state index is 0.122. The number of amides is 1. The second kappa shape index (κ2) is 9.75. The molecule has 0 spiro atoms. The van der Waals surface area contributed by atoms with Crippen LogP contribution in [-0.4, -0.2) is 42.5 Å². The fourth-order valence-corrected chi connectivity index (χ4v) is 2.40. The van der Waals surface area contributed by atoms with Gasteiger partial charge in [-0.3, -0.25) is 4.79 Å². The Morgan fingerprint density at radius 1 is 1.18 bits per heavy atom. The SMILES string of the molecule is Cc1cc(C(=O)N(F)C(=NF)NF)ccc1Oc1ccc(CCN(C)C)cc1. The van der Waals surface area contributed by atoms with Gasteiger partial charge >= 0.3 is 0 Å². The molecule has 0 aromatic heterocycles. The van der Waals surface area contributed by atoms with Gasteiger partial charge in [0.15, 0.2) is 0 Å². The molecule has 0 heterocycles. The Morgan fingerprint density at radius 3 is 2.39 bits per heavy atom. The number of hydrogen-bond donors (Lipinski definition) is 1. The molecule has 0 aliphatic carbocycles. The van der Waals surface area contributed by atoms with Gasteiger partial charge in [-0.1, -0.05) is 25.6 Å². The number of nitrogens with zero attached hydrogens (tertiary/aromatic N) is 3. The number of benzene rings is 2. The maximum atomic E-state index is 13.7. The van der Waals surface area contributed by atoms with Crippen molar-refractivity contribution in [3.05, 3.63) is 59.2 Å². The summed E-state index contributed by atoms with van der Waals surface area (Å²) in [4.78, 5) is 14.0. The van der Waals surface area contributed by atoms with Crippen LogP contribution in [0, 0.1) is 6.92 Å². The van der Waals surface area contributed by atoms with Crippen molar-refractivity contribution < 1.29 is 23.0 Å². The zero-order valence-electron chi connectivity index (χ0n) is 15.7. The van der Waals surface area contributed by atoms with Crippen molar-refractivity contribution in [2.75, 3.05) is 20.6 Å². The molecule has 2 aromatic carbocycles. The Morgan fingerprint density at radius 2 is 1.86 bits per heavy atom. The summed E-state index contributed by atoms with van der Waals surface area (Å²) in [6, 6.07) is 11.7. The summed E-state index contributed by atoms with van der Waals surface area (Å²) in [5.74, 6) is -1.69. The minimum Gasteiger partial charge on any atom is -0.457 e. The molecule has 9 heteroatoms. The van der Waals surface area contributed by atoms with Crippen molar-refractivity contribution in [1.29, 1.82) is 0 Å². The Labute approximate surface area is 161 Å². The van der Waals surface area contributed by atoms with Crippen LogP contribution in [-0.2, 0) is 6.42 Å². The lowest BCUT2D eigenvalue weighted by Gasteiger charge is -2.13. The molecule has 0 radical (unpaired) electrons. The first-order chi connectivity index (χ1) is 13.3. The monoisotopic (exact) mass is 394 g/mol. The van der Waals surface area contributed by atoms with Crippen molar-refractivity contribution in [3.63, 3.8) is 0 Å². The Bertz CT molecular complexity index is 842. The van der Waals surface area contributed by atoms with Gasteiger partial charge in [0.25, 0.3) is 11.9 Å². The first-order valence-corrected chi connectivity index (χ1v) is 8.43. The largest absolute Gasteiger partial charge is 0.457 e. The number of halogens is 3. The van der Waals surface area contributed by atoms with Gasteiger partial charge < -0.3 is 9.64 Å². The molecule has 0 atom stereocenters. The number of carbonyl (C=O) groups excluding carboxylic acids is 1. The highest BCUT2D eigenvalue weighted by molar-refractivity contribution is 6.04. The number of carbonyl (C=O) groups is 1. The van der Waals surface area contributed by atoms with Crippen molar-refractivity contribution in [1.82, 2.24) is 15.6 Å². The highest BCUT2D eigenvalue weighted by Crippen LogP contribution is 2.26. The Kier molecular flexibility index (Phi) is 7.39. The number of hydrogen-bond acceptors (Lipinski definition) is 4. The van der Waals surface area contributed by atoms with Crippen molar-refractivity contribution >= 4 is 11.9 Å². The molecule has 2 aromatic rings. The molecule has 0 aliphatic rings. The van der Waals surface area contributed by atoms with Crippen LogP contribution in [0.3, 0.4) is 0 Å². The van der Waals surface area contributed by atoms with Gasteiger partial charge in [0.2, 0.25) is 0 Å². The number of guanidine groups is 1. The second-order valence-corrected chi connectivity index (χ2v) is 6.37. The van der Waals surface area contributed by atoms with E-state index in [4.69, 9.17) is 4.74 Å². The van der Waals surface area contributed by atoms with Crippen molar-refractivity contribution in [3.8, 4) is 11.5 Å². The average molecular weight is 394 g/mol. The van der Waals surface area contributed by atoms with Crippen molar-refractivity contribution in [2.24, 2.45) is 5.21 Å². The van der Waals surface area contributed by atoms with E-state index >= 15 is 0 Å². The number of ether oxygens (including phenoxy) is 1. The van der Waals surface area contributed by atoms with Crippen LogP contribution in [0.1, 0.15) is 21.5 Å². The lowest BCUT2D eigenvalue weighted by Crippen LogP contribution is -2.36. The van der Waals surface area contributed by atoms with E-state index in [0.717, 1.165) is 13.0 Å². The normalized spacial score (nSPS) is 11.5. The highest BCUT2D eigenvalue weighted by atomic mass is 19.2. The first kappa shape index (κ1) is 21.2. The van der Waals surface area contributed by atoms with Gasteiger partial charge in [-0.2, -0.15) is 5.54 Å². The van der Waals surface area contributed by atoms with E-state index in [2.05, 4.69) is 4.90 Å². The van der Waals surface area contributed by atoms with Gasteiger partial charge in [-0.05, 0) is 74.1 Å². The van der Waals surface area contributed by atoms with Crippen LogP contribution >= 0.6 is 0 Å². The third-order valence-electron chi connectivity index (χ3n) is 3.95. The predicted molar refractivity (Wildman–Crippen MR) is 100 cm³/mol. The van der Waals surface area contributed by atoms with Crippen LogP contribution in [0.15, 0.2) is 47.7 Å². The van der Waals surface area contributed by atoms with Gasteiger partial charge in [0.05, 0.1) is 0 Å². The number of rotatable bonds is 6. The van der Waals surface area contributed by atoms with E-state index in [-0.39, 0.29) is 5.56 Å². The molecular weight excluding hydrogens is 373 g/mol. The van der Waals surface area contributed by atoms with Crippen LogP contribution in [0.25, 0.3) is 0 Å². The van der Waals surface area contributed by atoms with E-state index in [0.29, 0.717) is 22.6 Å². The standard InChI is InChI=1S/C19H21F3N4O2/c1-13-12-15(18(27)26(22)19(23-20)24-21)6-9-17(13)28-16-7-4-14(5-8-16)10-11-25(2)3/h4-9,12H,10-11H2,1-3H3,(H,23,24). The predicted octanol–water partition coefficient (Wildman–Crippen LogP) is 3.93. The summed E-state index contributed by atoms with van der Waals surface area (Å²) in [5.41, 5.74) is 2.25. The molecule has 1 amide bonds. The van der Waals surface area contributed by atoms with Crippen LogP contribution in [0.2, 0.25) is 0 Å². The third-order valence-corrected chi connectivity index (χ3v) is 3.95. The van der Waals surface area contributed by atoms with Gasteiger partial charge in [0, 0.05) is 12.1 Å². The number of likely N-dealkylation sites (N-methyl/N-ethyl adjacent to an activating group) is 1. The van der Waals surface area contributed by atoms with Crippen LogP contribution < -0.4 is 10.3 Å². The molecule has 0 aliphatic heterocycles. The smallest absolute Gasteiger partial charge is 0.293 e. The second-order valence-electron chi connectivity index (χ2n) is 6.37. The number of aryl methyl sites for hydroxylation is 1. The van der Waals surface area contributed by atoms with E-state index < -0.39 is 17.0 Å². The summed E-state index contributed by atoms with van der Waals surface area (Å²) >= 11 is 0. The van der Waals surface area contributed by atoms with Crippen LogP contribution in [0.4, 0.5) is 13.4 Å². The summed E-state index contributed by atoms with van der Waals surface area (Å²) < 4.78 is 43.8. The zero-order chi connectivity index (χ0) is 20.7. The van der Waals surface area contributed by atoms with Crippen molar-refractivity contribution in [2.45, 2.75) is 13.3 Å². The van der Waals surface area contributed by atoms with E-state index in [1.807, 2.05) is 43.6 Å². The summed E-state index contributed by atoms with van der Waals surface area (Å²) in [6.07, 6.45) is 0.917. The lowest BCUT2D eigenvalue weighted by atomic mass is 10.1. The molecule has 2 rings (SSSR count). The fourth-order valence-electron chi connectivity index (χ4n) is 2.40. The van der Waals surface area contributed by atoms with Gasteiger partial charge in [0.1, 0.15) is 11.5 Å². The Balaban J connectivity index is 2.09. The van der Waals surface area contributed by atoms with E-state index in [1.54, 1.807) is 6.92 Å². The molecule has 0 saturated carbocycles. The topological polar surface area (TPSA) is 57.2 Å². The quantitative estimate of drug-likeness (QED) is 0.458. The third kappa shape index (κ3) is 5.46. The molecule has 0 fully saturated rings. The lowest BCUT2D eigenvalue weighted by molar-refractivity contribution is 0.0494. The molecule has 0 unspecified atom stereocenters. The maximum absolute atomic E-state index is 13.7. The molecular formula is C19H21F3N4O2. The van der Waals surface area contributed by atoms with Crippen LogP contribution in [0.5, 0.6) is 11.5 Å². The summed E-state index contributed by atoms with van der Waals surface area (Å²) in [6.45, 7) is 2.60.